The van der Waals surface area contributed by atoms with Gasteiger partial charge < -0.3 is 39.0 Å². The summed E-state index contributed by atoms with van der Waals surface area (Å²) in [6, 6.07) is 0. The third kappa shape index (κ3) is 6.37. The van der Waals surface area contributed by atoms with Crippen LogP contribution < -0.4 is 0 Å². The first-order chi connectivity index (χ1) is 17.2. The SMILES string of the molecule is CO[C@@H]1C[C@@H](OC2[C@@H](C)C(=O)O[C@H](C)[C@H](C)[C@H](O)C(C)C(=O)[C@]3(CO3)C[C@H](C)[C@H](O)[C@H]2C)O[C@H](C)[C@H]1O. The van der Waals surface area contributed by atoms with Crippen LogP contribution in [0.3, 0.4) is 0 Å². The Labute approximate surface area is 219 Å². The van der Waals surface area contributed by atoms with Gasteiger partial charge in [-0.05, 0) is 33.1 Å². The molecule has 3 aliphatic heterocycles. The van der Waals surface area contributed by atoms with Gasteiger partial charge in [-0.25, -0.2) is 0 Å². The van der Waals surface area contributed by atoms with Crippen molar-refractivity contribution in [3.63, 3.8) is 0 Å². The van der Waals surface area contributed by atoms with Crippen LogP contribution in [0.2, 0.25) is 0 Å². The first-order valence-electron chi connectivity index (χ1n) is 13.5. The molecule has 0 aromatic heterocycles. The molecule has 0 radical (unpaired) electrons. The zero-order valence-electron chi connectivity index (χ0n) is 23.3. The molecule has 1 spiro atoms. The molecule has 214 valence electrons. The highest BCUT2D eigenvalue weighted by atomic mass is 16.7. The third-order valence-corrected chi connectivity index (χ3v) is 8.87. The Hall–Kier alpha value is -1.14. The van der Waals surface area contributed by atoms with Gasteiger partial charge in [0.05, 0.1) is 43.0 Å². The van der Waals surface area contributed by atoms with Crippen molar-refractivity contribution in [2.24, 2.45) is 29.6 Å². The molecule has 3 fully saturated rings. The van der Waals surface area contributed by atoms with Gasteiger partial charge in [0.1, 0.15) is 12.2 Å². The maximum Gasteiger partial charge on any atom is 0.311 e. The number of cyclic esters (lactones) is 1. The van der Waals surface area contributed by atoms with E-state index in [1.54, 1.807) is 41.5 Å². The molecule has 0 saturated carbocycles. The van der Waals surface area contributed by atoms with Gasteiger partial charge in [-0.15, -0.1) is 0 Å². The molecule has 0 aromatic rings. The molecule has 3 N–H and O–H groups in total. The molecule has 10 nitrogen and oxygen atoms in total. The lowest BCUT2D eigenvalue weighted by atomic mass is 9.76. The molecule has 10 heteroatoms. The second-order valence-electron chi connectivity index (χ2n) is 11.6. The molecule has 37 heavy (non-hydrogen) atoms. The topological polar surface area (TPSA) is 144 Å². The Kier molecular flexibility index (Phi) is 9.81. The number of aliphatic hydroxyl groups excluding tert-OH is 3. The van der Waals surface area contributed by atoms with Crippen molar-refractivity contribution in [3.05, 3.63) is 0 Å². The van der Waals surface area contributed by atoms with Crippen molar-refractivity contribution in [1.82, 2.24) is 0 Å². The van der Waals surface area contributed by atoms with E-state index in [-0.39, 0.29) is 24.7 Å². The van der Waals surface area contributed by atoms with E-state index in [0.717, 1.165) is 0 Å². The number of ether oxygens (including phenoxy) is 5. The van der Waals surface area contributed by atoms with Crippen LogP contribution in [0.25, 0.3) is 0 Å². The van der Waals surface area contributed by atoms with Gasteiger partial charge in [0.25, 0.3) is 0 Å². The number of hydrogen-bond acceptors (Lipinski definition) is 10. The molecule has 0 aromatic carbocycles. The van der Waals surface area contributed by atoms with Crippen molar-refractivity contribution in [2.75, 3.05) is 13.7 Å². The monoisotopic (exact) mass is 530 g/mol. The lowest BCUT2D eigenvalue weighted by Crippen LogP contribution is -2.52. The fraction of sp³-hybridized carbons (Fsp3) is 0.926. The second-order valence-corrected chi connectivity index (χ2v) is 11.6. The van der Waals surface area contributed by atoms with E-state index in [0.29, 0.717) is 6.42 Å². The quantitative estimate of drug-likeness (QED) is 0.362. The van der Waals surface area contributed by atoms with Gasteiger partial charge in [-0.2, -0.15) is 0 Å². The summed E-state index contributed by atoms with van der Waals surface area (Å²) < 4.78 is 29.0. The first-order valence-corrected chi connectivity index (χ1v) is 13.5. The van der Waals surface area contributed by atoms with E-state index in [9.17, 15) is 24.9 Å². The van der Waals surface area contributed by atoms with Crippen molar-refractivity contribution < 1.29 is 48.6 Å². The minimum Gasteiger partial charge on any atom is -0.462 e. The number of ketones is 1. The number of aliphatic hydroxyl groups is 3. The molecule has 3 rings (SSSR count). The summed E-state index contributed by atoms with van der Waals surface area (Å²) in [5, 5.41) is 32.6. The van der Waals surface area contributed by atoms with Gasteiger partial charge in [-0.1, -0.05) is 27.7 Å². The number of epoxide rings is 1. The predicted octanol–water partition coefficient (Wildman–Crippen LogP) is 1.46. The van der Waals surface area contributed by atoms with Gasteiger partial charge in [-0.3, -0.25) is 9.59 Å². The molecule has 14 atom stereocenters. The van der Waals surface area contributed by atoms with E-state index >= 15 is 0 Å². The standard InChI is InChI=1S/C27H46O10/c1-12-10-27(11-34-27)25(31)15(4)22(29)13(2)17(6)36-26(32)16(5)24(14(3)21(12)28)37-20-9-19(33-8)23(30)18(7)35-20/h12-24,28-30H,9-11H2,1-8H3/t12-,13-,14+,15?,16+,17+,18+,19+,20+,21-,22-,23+,24?,27+/m0/s1. The Morgan fingerprint density at radius 3 is 2.05 bits per heavy atom. The highest BCUT2D eigenvalue weighted by molar-refractivity contribution is 5.92. The fourth-order valence-electron chi connectivity index (χ4n) is 5.84. The Morgan fingerprint density at radius 2 is 1.49 bits per heavy atom. The number of esters is 1. The fourth-order valence-corrected chi connectivity index (χ4v) is 5.84. The van der Waals surface area contributed by atoms with E-state index in [2.05, 4.69) is 0 Å². The molecule has 3 heterocycles. The Morgan fingerprint density at radius 1 is 0.865 bits per heavy atom. The second kappa shape index (κ2) is 11.9. The van der Waals surface area contributed by atoms with E-state index in [1.807, 2.05) is 6.92 Å². The van der Waals surface area contributed by atoms with Crippen LogP contribution in [0.4, 0.5) is 0 Å². The summed E-state index contributed by atoms with van der Waals surface area (Å²) in [6.07, 6.45) is -5.53. The van der Waals surface area contributed by atoms with Gasteiger partial charge in [0.2, 0.25) is 0 Å². The van der Waals surface area contributed by atoms with Crippen LogP contribution >= 0.6 is 0 Å². The Bertz CT molecular complexity index is 800. The normalized spacial score (nSPS) is 50.4. The summed E-state index contributed by atoms with van der Waals surface area (Å²) in [5.74, 6) is -3.62. The van der Waals surface area contributed by atoms with Crippen molar-refractivity contribution in [1.29, 1.82) is 0 Å². The minimum atomic E-state index is -1.03. The molecule has 2 unspecified atom stereocenters. The number of carbonyl (C=O) groups is 2. The Balaban J connectivity index is 1.90. The van der Waals surface area contributed by atoms with Crippen LogP contribution in [0.15, 0.2) is 0 Å². The first kappa shape index (κ1) is 30.4. The average molecular weight is 531 g/mol. The van der Waals surface area contributed by atoms with Crippen LogP contribution in [0.1, 0.15) is 61.3 Å². The number of rotatable bonds is 3. The van der Waals surface area contributed by atoms with Crippen LogP contribution in [-0.2, 0) is 33.3 Å². The highest BCUT2D eigenvalue weighted by Crippen LogP contribution is 2.41. The summed E-state index contributed by atoms with van der Waals surface area (Å²) in [7, 11) is 1.51. The molecule has 3 saturated heterocycles. The summed E-state index contributed by atoms with van der Waals surface area (Å²) >= 11 is 0. The number of hydrogen-bond donors (Lipinski definition) is 3. The smallest absolute Gasteiger partial charge is 0.311 e. The van der Waals surface area contributed by atoms with E-state index in [1.165, 1.54) is 7.11 Å². The lowest BCUT2D eigenvalue weighted by Gasteiger charge is -2.41. The zero-order valence-corrected chi connectivity index (χ0v) is 23.3. The molecule has 0 amide bonds. The molecule has 0 aliphatic carbocycles. The number of Topliss-reactive ketones (excluding diaryl/α,β-unsaturated/α-hetero) is 1. The lowest BCUT2D eigenvalue weighted by molar-refractivity contribution is -0.276. The van der Waals surface area contributed by atoms with Gasteiger partial charge in [0, 0.05) is 31.3 Å². The zero-order chi connectivity index (χ0) is 27.8. The maximum atomic E-state index is 13.3. The molecular weight excluding hydrogens is 484 g/mol. The average Bonchev–Trinajstić information content (AvgIpc) is 3.65. The van der Waals surface area contributed by atoms with Crippen LogP contribution in [0, 0.1) is 29.6 Å². The summed E-state index contributed by atoms with van der Waals surface area (Å²) in [6.45, 7) is 12.4. The maximum absolute atomic E-state index is 13.3. The van der Waals surface area contributed by atoms with Crippen LogP contribution in [0.5, 0.6) is 0 Å². The van der Waals surface area contributed by atoms with Crippen molar-refractivity contribution >= 4 is 11.8 Å². The molecular formula is C27H46O10. The molecule has 3 aliphatic rings. The largest absolute Gasteiger partial charge is 0.462 e. The predicted molar refractivity (Wildman–Crippen MR) is 132 cm³/mol. The van der Waals surface area contributed by atoms with E-state index in [4.69, 9.17) is 23.7 Å². The summed E-state index contributed by atoms with van der Waals surface area (Å²) in [5.41, 5.74) is -1.03. The molecule has 0 bridgehead atoms. The third-order valence-electron chi connectivity index (χ3n) is 8.87. The summed E-state index contributed by atoms with van der Waals surface area (Å²) in [4.78, 5) is 26.6. The van der Waals surface area contributed by atoms with Crippen LogP contribution in [-0.4, -0.2) is 95.4 Å². The van der Waals surface area contributed by atoms with Gasteiger partial charge >= 0.3 is 5.97 Å². The van der Waals surface area contributed by atoms with Crippen molar-refractivity contribution in [2.45, 2.75) is 116 Å². The highest BCUT2D eigenvalue weighted by Gasteiger charge is 2.56. The van der Waals surface area contributed by atoms with Gasteiger partial charge in [0.15, 0.2) is 17.7 Å². The van der Waals surface area contributed by atoms with E-state index < -0.39 is 84.3 Å². The number of methoxy groups -OCH3 is 1. The van der Waals surface area contributed by atoms with Crippen molar-refractivity contribution in [3.8, 4) is 0 Å². The minimum absolute atomic E-state index is 0.205. The number of carbonyl (C=O) groups excluding carboxylic acids is 2.